The normalized spacial score (nSPS) is 18.0. The van der Waals surface area contributed by atoms with E-state index < -0.39 is 5.91 Å². The smallest absolute Gasteiger partial charge is 0.287 e. The maximum Gasteiger partial charge on any atom is 0.287 e. The van der Waals surface area contributed by atoms with E-state index in [-0.39, 0.29) is 11.7 Å². The van der Waals surface area contributed by atoms with Crippen LogP contribution in [0.1, 0.15) is 29.8 Å². The van der Waals surface area contributed by atoms with Gasteiger partial charge in [-0.25, -0.2) is 5.06 Å². The number of amides is 1. The molecule has 0 aliphatic carbocycles. The molecule has 1 aromatic heterocycles. The predicted molar refractivity (Wildman–Crippen MR) is 86.2 cm³/mol. The van der Waals surface area contributed by atoms with Crippen molar-refractivity contribution in [3.63, 3.8) is 0 Å². The lowest BCUT2D eigenvalue weighted by atomic mass is 10.1. The van der Waals surface area contributed by atoms with Crippen molar-refractivity contribution < 1.29 is 14.4 Å². The topological polar surface area (TPSA) is 67.5 Å². The lowest BCUT2D eigenvalue weighted by molar-refractivity contribution is -0.163. The second-order valence-corrected chi connectivity index (χ2v) is 5.73. The first-order chi connectivity index (χ1) is 11.0. The highest BCUT2D eigenvalue weighted by Gasteiger charge is 2.20. The molecule has 6 nitrogen and oxygen atoms in total. The summed E-state index contributed by atoms with van der Waals surface area (Å²) >= 11 is 0. The monoisotopic (exact) mass is 317 g/mol. The molecule has 0 spiro atoms. The third-order valence-corrected chi connectivity index (χ3v) is 4.23. The van der Waals surface area contributed by atoms with E-state index in [0.29, 0.717) is 0 Å². The number of ether oxygens (including phenoxy) is 1. The first kappa shape index (κ1) is 17.3. The van der Waals surface area contributed by atoms with Crippen molar-refractivity contribution in [2.75, 3.05) is 20.8 Å². The van der Waals surface area contributed by atoms with Gasteiger partial charge < -0.3 is 9.30 Å². The largest absolute Gasteiger partial charge is 0.376 e. The van der Waals surface area contributed by atoms with Gasteiger partial charge in [-0.05, 0) is 44.4 Å². The van der Waals surface area contributed by atoms with Gasteiger partial charge in [0.1, 0.15) is 11.6 Å². The number of hydrogen-bond donors (Lipinski definition) is 0. The molecule has 1 aliphatic rings. The van der Waals surface area contributed by atoms with Crippen molar-refractivity contribution in [2.45, 2.75) is 39.3 Å². The standard InChI is InChI=1S/C17H23N3O3/c1-12-8-14(9-15(10-18)17(21)19(3)22-4)13(2)20(12)11-16-6-5-7-23-16/h8-9,16H,5-7,11H2,1-4H3. The molecule has 0 aromatic carbocycles. The molecule has 124 valence electrons. The molecule has 2 heterocycles. The Morgan fingerprint density at radius 3 is 2.91 bits per heavy atom. The quantitative estimate of drug-likeness (QED) is 0.474. The molecule has 0 bridgehead atoms. The van der Waals surface area contributed by atoms with Gasteiger partial charge in [0.25, 0.3) is 5.91 Å². The van der Waals surface area contributed by atoms with Crippen LogP contribution in [-0.2, 0) is 20.9 Å². The molecule has 23 heavy (non-hydrogen) atoms. The van der Waals surface area contributed by atoms with Crippen molar-refractivity contribution in [3.05, 3.63) is 28.6 Å². The summed E-state index contributed by atoms with van der Waals surface area (Å²) in [5.74, 6) is -0.459. The second-order valence-electron chi connectivity index (χ2n) is 5.73. The third kappa shape index (κ3) is 3.81. The van der Waals surface area contributed by atoms with Gasteiger partial charge in [-0.3, -0.25) is 9.63 Å². The van der Waals surface area contributed by atoms with Gasteiger partial charge >= 0.3 is 0 Å². The van der Waals surface area contributed by atoms with Crippen molar-refractivity contribution >= 4 is 12.0 Å². The van der Waals surface area contributed by atoms with Crippen LogP contribution in [0, 0.1) is 25.2 Å². The molecule has 1 unspecified atom stereocenters. The third-order valence-electron chi connectivity index (χ3n) is 4.23. The van der Waals surface area contributed by atoms with Crippen molar-refractivity contribution in [1.82, 2.24) is 9.63 Å². The highest BCUT2D eigenvalue weighted by atomic mass is 16.7. The van der Waals surface area contributed by atoms with Crippen molar-refractivity contribution in [2.24, 2.45) is 0 Å². The minimum Gasteiger partial charge on any atom is -0.376 e. The molecule has 1 amide bonds. The average Bonchev–Trinajstić information content (AvgIpc) is 3.15. The molecule has 0 N–H and O–H groups in total. The molecule has 1 atom stereocenters. The summed E-state index contributed by atoms with van der Waals surface area (Å²) in [7, 11) is 2.87. The fraction of sp³-hybridized carbons (Fsp3) is 0.529. The Balaban J connectivity index is 2.27. The number of hydroxylamine groups is 2. The van der Waals surface area contributed by atoms with Crippen molar-refractivity contribution in [1.29, 1.82) is 5.26 Å². The van der Waals surface area contributed by atoms with E-state index in [9.17, 15) is 10.1 Å². The molecule has 0 radical (unpaired) electrons. The summed E-state index contributed by atoms with van der Waals surface area (Å²) < 4.78 is 7.88. The van der Waals surface area contributed by atoms with E-state index in [1.54, 1.807) is 6.08 Å². The minimum atomic E-state index is -0.459. The predicted octanol–water partition coefficient (Wildman–Crippen LogP) is 2.21. The molecule has 0 saturated carbocycles. The van der Waals surface area contributed by atoms with Crippen LogP contribution in [0.5, 0.6) is 0 Å². The molecule has 6 heteroatoms. The first-order valence-corrected chi connectivity index (χ1v) is 7.70. The van der Waals surface area contributed by atoms with Crippen LogP contribution in [0.2, 0.25) is 0 Å². The number of aryl methyl sites for hydroxylation is 1. The molecule has 2 rings (SSSR count). The second kappa shape index (κ2) is 7.44. The highest BCUT2D eigenvalue weighted by molar-refractivity contribution is 6.01. The number of likely N-dealkylation sites (N-methyl/N-ethyl adjacent to an activating group) is 1. The maximum atomic E-state index is 12.1. The lowest BCUT2D eigenvalue weighted by Crippen LogP contribution is -2.26. The van der Waals surface area contributed by atoms with Crippen LogP contribution in [0.4, 0.5) is 0 Å². The van der Waals surface area contributed by atoms with Crippen LogP contribution < -0.4 is 0 Å². The fourth-order valence-corrected chi connectivity index (χ4v) is 2.80. The number of nitrogens with zero attached hydrogens (tertiary/aromatic N) is 3. The summed E-state index contributed by atoms with van der Waals surface area (Å²) in [6.07, 6.45) is 4.04. The Labute approximate surface area is 136 Å². The van der Waals surface area contributed by atoms with Gasteiger partial charge in [0, 0.05) is 31.6 Å². The summed E-state index contributed by atoms with van der Waals surface area (Å²) in [5.41, 5.74) is 3.04. The average molecular weight is 317 g/mol. The Morgan fingerprint density at radius 1 is 1.61 bits per heavy atom. The first-order valence-electron chi connectivity index (χ1n) is 7.70. The van der Waals surface area contributed by atoms with Crippen molar-refractivity contribution in [3.8, 4) is 6.07 Å². The zero-order valence-electron chi connectivity index (χ0n) is 14.1. The SMILES string of the molecule is CON(C)C(=O)C(C#N)=Cc1cc(C)n(CC2CCCO2)c1C. The van der Waals surface area contributed by atoms with Gasteiger partial charge in [0.2, 0.25) is 0 Å². The summed E-state index contributed by atoms with van der Waals surface area (Å²) in [4.78, 5) is 16.9. The van der Waals surface area contributed by atoms with Gasteiger partial charge in [-0.15, -0.1) is 0 Å². The molecular formula is C17H23N3O3. The lowest BCUT2D eigenvalue weighted by Gasteiger charge is -2.15. The van der Waals surface area contributed by atoms with E-state index in [2.05, 4.69) is 4.57 Å². The van der Waals surface area contributed by atoms with Crippen LogP contribution in [0.3, 0.4) is 0 Å². The van der Waals surface area contributed by atoms with E-state index in [0.717, 1.165) is 48.0 Å². The fourth-order valence-electron chi connectivity index (χ4n) is 2.80. The van der Waals surface area contributed by atoms with E-state index >= 15 is 0 Å². The zero-order chi connectivity index (χ0) is 17.0. The number of nitriles is 1. The van der Waals surface area contributed by atoms with Crippen LogP contribution in [-0.4, -0.2) is 42.4 Å². The van der Waals surface area contributed by atoms with Gasteiger partial charge in [0.05, 0.1) is 13.2 Å². The Morgan fingerprint density at radius 2 is 2.35 bits per heavy atom. The summed E-state index contributed by atoms with van der Waals surface area (Å²) in [6, 6.07) is 3.94. The number of carbonyl (C=O) groups is 1. The van der Waals surface area contributed by atoms with E-state index in [4.69, 9.17) is 9.57 Å². The minimum absolute atomic E-state index is 0.0479. The molecule has 1 saturated heterocycles. The van der Waals surface area contributed by atoms with Crippen LogP contribution in [0.15, 0.2) is 11.6 Å². The zero-order valence-corrected chi connectivity index (χ0v) is 14.1. The van der Waals surface area contributed by atoms with Gasteiger partial charge in [0.15, 0.2) is 0 Å². The van der Waals surface area contributed by atoms with E-state index in [1.807, 2.05) is 26.0 Å². The molecule has 1 fully saturated rings. The Hall–Kier alpha value is -2.10. The number of aromatic nitrogens is 1. The highest BCUT2D eigenvalue weighted by Crippen LogP contribution is 2.22. The summed E-state index contributed by atoms with van der Waals surface area (Å²) in [5, 5.41) is 10.3. The molecule has 1 aromatic rings. The molecule has 1 aliphatic heterocycles. The van der Waals surface area contributed by atoms with Crippen LogP contribution >= 0.6 is 0 Å². The van der Waals surface area contributed by atoms with E-state index in [1.165, 1.54) is 14.2 Å². The van der Waals surface area contributed by atoms with Gasteiger partial charge in [-0.1, -0.05) is 0 Å². The van der Waals surface area contributed by atoms with Gasteiger partial charge in [-0.2, -0.15) is 5.26 Å². The Bertz CT molecular complexity index is 649. The summed E-state index contributed by atoms with van der Waals surface area (Å²) in [6.45, 7) is 5.65. The number of rotatable bonds is 5. The molecular weight excluding hydrogens is 294 g/mol. The number of carbonyl (C=O) groups excluding carboxylic acids is 1. The van der Waals surface area contributed by atoms with Crippen LogP contribution in [0.25, 0.3) is 6.08 Å². The Kier molecular flexibility index (Phi) is 5.59. The number of hydrogen-bond acceptors (Lipinski definition) is 4. The maximum absolute atomic E-state index is 12.1.